The summed E-state index contributed by atoms with van der Waals surface area (Å²) in [5.41, 5.74) is 0.908. The summed E-state index contributed by atoms with van der Waals surface area (Å²) >= 11 is 6.02. The van der Waals surface area contributed by atoms with Crippen LogP contribution in [0.15, 0.2) is 18.2 Å². The van der Waals surface area contributed by atoms with Crippen molar-refractivity contribution in [3.05, 3.63) is 28.8 Å². The third-order valence-corrected chi connectivity index (χ3v) is 3.67. The first-order valence-electron chi connectivity index (χ1n) is 6.71. The van der Waals surface area contributed by atoms with E-state index in [0.717, 1.165) is 5.56 Å². The standard InChI is InChI=1S/C15H20ClNO4/c1-4-12(15(19)20)17(2)14(18)8-6-10-5-7-13(21-3)11(16)9-10/h5,7,9,12H,4,6,8H2,1-3H3,(H,19,20). The summed E-state index contributed by atoms with van der Waals surface area (Å²) in [6.45, 7) is 1.74. The molecule has 0 aliphatic carbocycles. The molecule has 1 aromatic carbocycles. The summed E-state index contributed by atoms with van der Waals surface area (Å²) in [6, 6.07) is 4.56. The Hall–Kier alpha value is -1.75. The Morgan fingerprint density at radius 1 is 1.43 bits per heavy atom. The van der Waals surface area contributed by atoms with Crippen LogP contribution < -0.4 is 4.74 Å². The van der Waals surface area contributed by atoms with Gasteiger partial charge in [0.1, 0.15) is 11.8 Å². The van der Waals surface area contributed by atoms with E-state index in [1.807, 2.05) is 6.07 Å². The average Bonchev–Trinajstić information content (AvgIpc) is 2.45. The van der Waals surface area contributed by atoms with Gasteiger partial charge in [0.2, 0.25) is 5.91 Å². The molecule has 0 fully saturated rings. The predicted molar refractivity (Wildman–Crippen MR) is 80.8 cm³/mol. The van der Waals surface area contributed by atoms with Crippen molar-refractivity contribution < 1.29 is 19.4 Å². The van der Waals surface area contributed by atoms with Gasteiger partial charge in [-0.15, -0.1) is 0 Å². The molecule has 116 valence electrons. The van der Waals surface area contributed by atoms with Crippen molar-refractivity contribution in [3.63, 3.8) is 0 Å². The van der Waals surface area contributed by atoms with E-state index in [1.54, 1.807) is 19.1 Å². The van der Waals surface area contributed by atoms with Crippen LogP contribution in [0.1, 0.15) is 25.3 Å². The number of ether oxygens (including phenoxy) is 1. The van der Waals surface area contributed by atoms with Gasteiger partial charge in [0.15, 0.2) is 0 Å². The second kappa shape index (κ2) is 7.88. The number of carbonyl (C=O) groups is 2. The Kier molecular flexibility index (Phi) is 6.49. The first kappa shape index (κ1) is 17.3. The van der Waals surface area contributed by atoms with Gasteiger partial charge in [0.05, 0.1) is 12.1 Å². The lowest BCUT2D eigenvalue weighted by Crippen LogP contribution is -2.42. The van der Waals surface area contributed by atoms with Crippen molar-refractivity contribution in [2.45, 2.75) is 32.2 Å². The SMILES string of the molecule is CCC(C(=O)O)N(C)C(=O)CCc1ccc(OC)c(Cl)c1. The number of halogens is 1. The molecule has 0 radical (unpaired) electrons. The fourth-order valence-corrected chi connectivity index (χ4v) is 2.36. The van der Waals surface area contributed by atoms with E-state index in [4.69, 9.17) is 21.4 Å². The number of likely N-dealkylation sites (N-methyl/N-ethyl adjacent to an activating group) is 1. The summed E-state index contributed by atoms with van der Waals surface area (Å²) in [5.74, 6) is -0.599. The lowest BCUT2D eigenvalue weighted by molar-refractivity contribution is -0.149. The fraction of sp³-hybridized carbons (Fsp3) is 0.467. The zero-order valence-electron chi connectivity index (χ0n) is 12.4. The second-order valence-electron chi connectivity index (χ2n) is 4.74. The third kappa shape index (κ3) is 4.63. The van der Waals surface area contributed by atoms with E-state index in [2.05, 4.69) is 0 Å². The molecule has 0 aliphatic heterocycles. The minimum absolute atomic E-state index is 0.198. The molecule has 0 saturated heterocycles. The highest BCUT2D eigenvalue weighted by atomic mass is 35.5. The molecule has 1 amide bonds. The Morgan fingerprint density at radius 3 is 2.57 bits per heavy atom. The second-order valence-corrected chi connectivity index (χ2v) is 5.14. The van der Waals surface area contributed by atoms with Crippen molar-refractivity contribution in [3.8, 4) is 5.75 Å². The van der Waals surface area contributed by atoms with Gasteiger partial charge < -0.3 is 14.7 Å². The summed E-state index contributed by atoms with van der Waals surface area (Å²) < 4.78 is 5.06. The molecule has 5 nitrogen and oxygen atoms in total. The number of hydrogen-bond donors (Lipinski definition) is 1. The van der Waals surface area contributed by atoms with E-state index in [9.17, 15) is 9.59 Å². The number of aryl methyl sites for hydroxylation is 1. The molecule has 0 saturated carbocycles. The molecule has 0 aromatic heterocycles. The third-order valence-electron chi connectivity index (χ3n) is 3.38. The monoisotopic (exact) mass is 313 g/mol. The van der Waals surface area contributed by atoms with Gasteiger partial charge in [-0.05, 0) is 30.5 Å². The first-order chi connectivity index (χ1) is 9.90. The number of methoxy groups -OCH3 is 1. The van der Waals surface area contributed by atoms with Crippen LogP contribution in [0.25, 0.3) is 0 Å². The molecule has 1 rings (SSSR count). The number of carboxylic acid groups (broad SMARTS) is 1. The summed E-state index contributed by atoms with van der Waals surface area (Å²) in [7, 11) is 3.06. The fourth-order valence-electron chi connectivity index (χ4n) is 2.08. The smallest absolute Gasteiger partial charge is 0.326 e. The number of carboxylic acids is 1. The van der Waals surface area contributed by atoms with Gasteiger partial charge in [0, 0.05) is 13.5 Å². The molecule has 6 heteroatoms. The molecule has 1 N–H and O–H groups in total. The number of aliphatic carboxylic acids is 1. The molecule has 0 bridgehead atoms. The van der Waals surface area contributed by atoms with Gasteiger partial charge >= 0.3 is 5.97 Å². The van der Waals surface area contributed by atoms with Crippen molar-refractivity contribution in [2.75, 3.05) is 14.2 Å². The van der Waals surface area contributed by atoms with Gasteiger partial charge in [-0.3, -0.25) is 4.79 Å². The zero-order valence-corrected chi connectivity index (χ0v) is 13.2. The van der Waals surface area contributed by atoms with E-state index in [0.29, 0.717) is 23.6 Å². The molecule has 0 heterocycles. The van der Waals surface area contributed by atoms with Crippen molar-refractivity contribution in [1.82, 2.24) is 4.90 Å². The normalized spacial score (nSPS) is 11.8. The first-order valence-corrected chi connectivity index (χ1v) is 7.09. The van der Waals surface area contributed by atoms with E-state index < -0.39 is 12.0 Å². The quantitative estimate of drug-likeness (QED) is 0.840. The number of benzene rings is 1. The Morgan fingerprint density at radius 2 is 2.10 bits per heavy atom. The van der Waals surface area contributed by atoms with Gasteiger partial charge in [-0.2, -0.15) is 0 Å². The van der Waals surface area contributed by atoms with Crippen LogP contribution in [-0.4, -0.2) is 42.1 Å². The van der Waals surface area contributed by atoms with Gasteiger partial charge in [-0.1, -0.05) is 24.6 Å². The summed E-state index contributed by atoms with van der Waals surface area (Å²) in [4.78, 5) is 24.4. The lowest BCUT2D eigenvalue weighted by Gasteiger charge is -2.23. The molecule has 21 heavy (non-hydrogen) atoms. The number of hydrogen-bond acceptors (Lipinski definition) is 3. The van der Waals surface area contributed by atoms with Crippen LogP contribution in [0.2, 0.25) is 5.02 Å². The molecule has 1 unspecified atom stereocenters. The topological polar surface area (TPSA) is 66.8 Å². The van der Waals surface area contributed by atoms with E-state index in [1.165, 1.54) is 19.1 Å². The molecule has 0 spiro atoms. The molecular formula is C15H20ClNO4. The van der Waals surface area contributed by atoms with Crippen LogP contribution in [0.4, 0.5) is 0 Å². The van der Waals surface area contributed by atoms with Gasteiger partial charge in [-0.25, -0.2) is 4.79 Å². The van der Waals surface area contributed by atoms with Crippen molar-refractivity contribution >= 4 is 23.5 Å². The number of nitrogens with zero attached hydrogens (tertiary/aromatic N) is 1. The minimum Gasteiger partial charge on any atom is -0.495 e. The highest BCUT2D eigenvalue weighted by molar-refractivity contribution is 6.32. The summed E-state index contributed by atoms with van der Waals surface area (Å²) in [5, 5.41) is 9.54. The van der Waals surface area contributed by atoms with Crippen LogP contribution in [-0.2, 0) is 16.0 Å². The van der Waals surface area contributed by atoms with Crippen LogP contribution in [0.3, 0.4) is 0 Å². The number of amides is 1. The Labute approximate surface area is 129 Å². The maximum atomic E-state index is 12.0. The largest absolute Gasteiger partial charge is 0.495 e. The van der Waals surface area contributed by atoms with Crippen LogP contribution in [0, 0.1) is 0 Å². The minimum atomic E-state index is -0.985. The predicted octanol–water partition coefficient (Wildman–Crippen LogP) is 2.60. The average molecular weight is 314 g/mol. The zero-order chi connectivity index (χ0) is 16.0. The van der Waals surface area contributed by atoms with E-state index >= 15 is 0 Å². The molecule has 1 aromatic rings. The molecular weight excluding hydrogens is 294 g/mol. The van der Waals surface area contributed by atoms with Crippen LogP contribution in [0.5, 0.6) is 5.75 Å². The number of rotatable bonds is 7. The number of carbonyl (C=O) groups excluding carboxylic acids is 1. The Balaban J connectivity index is 2.64. The summed E-state index contributed by atoms with van der Waals surface area (Å²) in [6.07, 6.45) is 1.12. The lowest BCUT2D eigenvalue weighted by atomic mass is 10.1. The molecule has 0 aliphatic rings. The highest BCUT2D eigenvalue weighted by Gasteiger charge is 2.24. The molecule has 1 atom stereocenters. The van der Waals surface area contributed by atoms with Crippen LogP contribution >= 0.6 is 11.6 Å². The highest BCUT2D eigenvalue weighted by Crippen LogP contribution is 2.25. The maximum Gasteiger partial charge on any atom is 0.326 e. The van der Waals surface area contributed by atoms with E-state index in [-0.39, 0.29) is 12.3 Å². The van der Waals surface area contributed by atoms with Gasteiger partial charge in [0.25, 0.3) is 0 Å². The Bertz CT molecular complexity index is 518. The van der Waals surface area contributed by atoms with Crippen molar-refractivity contribution in [2.24, 2.45) is 0 Å². The van der Waals surface area contributed by atoms with Crippen molar-refractivity contribution in [1.29, 1.82) is 0 Å². The maximum absolute atomic E-state index is 12.0.